The number of ether oxygens (including phenoxy) is 1. The molecule has 1 aromatic carbocycles. The van der Waals surface area contributed by atoms with Gasteiger partial charge in [0.05, 0.1) is 6.33 Å². The Labute approximate surface area is 97.7 Å². The molecule has 90 valence electrons. The van der Waals surface area contributed by atoms with Gasteiger partial charge in [-0.2, -0.15) is 0 Å². The SMILES string of the molecule is O=C(O)NCC(=CF)C1Cc2ccccc2O1. The standard InChI is InChI=1S/C12H12FNO3/c13-6-9(7-14-12(15)16)11-5-8-3-1-2-4-10(8)17-11/h1-4,6,11,14H,5,7H2,(H,15,16). The van der Waals surface area contributed by atoms with Gasteiger partial charge in [-0.1, -0.05) is 18.2 Å². The topological polar surface area (TPSA) is 58.6 Å². The molecular formula is C12H12FNO3. The number of nitrogens with one attached hydrogen (secondary N) is 1. The molecule has 2 N–H and O–H groups in total. The molecular weight excluding hydrogens is 225 g/mol. The van der Waals surface area contributed by atoms with Crippen LogP contribution in [0.25, 0.3) is 0 Å². The van der Waals surface area contributed by atoms with Gasteiger partial charge >= 0.3 is 6.09 Å². The molecule has 1 unspecified atom stereocenters. The van der Waals surface area contributed by atoms with E-state index in [1.807, 2.05) is 24.3 Å². The first-order valence-corrected chi connectivity index (χ1v) is 5.21. The third-order valence-corrected chi connectivity index (χ3v) is 2.64. The van der Waals surface area contributed by atoms with Crippen molar-refractivity contribution in [2.45, 2.75) is 12.5 Å². The zero-order chi connectivity index (χ0) is 12.3. The molecule has 0 aliphatic carbocycles. The first-order valence-electron chi connectivity index (χ1n) is 5.21. The molecule has 0 bridgehead atoms. The Hall–Kier alpha value is -2.04. The largest absolute Gasteiger partial charge is 0.485 e. The van der Waals surface area contributed by atoms with E-state index in [9.17, 15) is 9.18 Å². The van der Waals surface area contributed by atoms with E-state index in [2.05, 4.69) is 5.32 Å². The molecule has 0 spiro atoms. The van der Waals surface area contributed by atoms with Crippen LogP contribution in [0.4, 0.5) is 9.18 Å². The van der Waals surface area contributed by atoms with Gasteiger partial charge in [0.2, 0.25) is 0 Å². The van der Waals surface area contributed by atoms with Crippen LogP contribution in [0, 0.1) is 0 Å². The number of carboxylic acid groups (broad SMARTS) is 1. The van der Waals surface area contributed by atoms with E-state index in [4.69, 9.17) is 9.84 Å². The molecule has 0 saturated heterocycles. The van der Waals surface area contributed by atoms with Crippen LogP contribution in [-0.2, 0) is 6.42 Å². The van der Waals surface area contributed by atoms with E-state index in [1.54, 1.807) is 0 Å². The number of para-hydroxylation sites is 1. The highest BCUT2D eigenvalue weighted by molar-refractivity contribution is 5.64. The second kappa shape index (κ2) is 4.86. The Kier molecular flexibility index (Phi) is 3.27. The number of hydrogen-bond donors (Lipinski definition) is 2. The number of hydrogen-bond acceptors (Lipinski definition) is 2. The van der Waals surface area contributed by atoms with Gasteiger partial charge in [-0.15, -0.1) is 0 Å². The molecule has 0 aromatic heterocycles. The van der Waals surface area contributed by atoms with E-state index in [1.165, 1.54) is 0 Å². The first kappa shape index (κ1) is 11.4. The molecule has 1 aliphatic heterocycles. The highest BCUT2D eigenvalue weighted by atomic mass is 19.1. The minimum atomic E-state index is -1.18. The minimum absolute atomic E-state index is 0.0650. The lowest BCUT2D eigenvalue weighted by molar-refractivity contribution is 0.194. The van der Waals surface area contributed by atoms with Gasteiger partial charge in [-0.25, -0.2) is 9.18 Å². The summed E-state index contributed by atoms with van der Waals surface area (Å²) >= 11 is 0. The Morgan fingerprint density at radius 2 is 2.35 bits per heavy atom. The number of halogens is 1. The van der Waals surface area contributed by atoms with E-state index in [0.717, 1.165) is 11.3 Å². The van der Waals surface area contributed by atoms with Crippen LogP contribution in [-0.4, -0.2) is 23.8 Å². The molecule has 0 saturated carbocycles. The fraction of sp³-hybridized carbons (Fsp3) is 0.250. The van der Waals surface area contributed by atoms with E-state index in [-0.39, 0.29) is 6.54 Å². The summed E-state index contributed by atoms with van der Waals surface area (Å²) in [5.74, 6) is 0.729. The zero-order valence-electron chi connectivity index (χ0n) is 9.02. The Morgan fingerprint density at radius 3 is 3.00 bits per heavy atom. The predicted octanol–water partition coefficient (Wildman–Crippen LogP) is 2.11. The maximum absolute atomic E-state index is 12.7. The van der Waals surface area contributed by atoms with Crippen LogP contribution in [0.1, 0.15) is 5.56 Å². The third kappa shape index (κ3) is 2.55. The van der Waals surface area contributed by atoms with Crippen molar-refractivity contribution in [1.82, 2.24) is 5.32 Å². The summed E-state index contributed by atoms with van der Waals surface area (Å²) in [6.07, 6.45) is -0.635. The summed E-state index contributed by atoms with van der Waals surface area (Å²) in [6.45, 7) is -0.0650. The third-order valence-electron chi connectivity index (χ3n) is 2.64. The number of fused-ring (bicyclic) bond motifs is 1. The van der Waals surface area contributed by atoms with Gasteiger partial charge in [0.25, 0.3) is 0 Å². The minimum Gasteiger partial charge on any atom is -0.485 e. The molecule has 4 nitrogen and oxygen atoms in total. The molecule has 1 amide bonds. The van der Waals surface area contributed by atoms with Gasteiger partial charge in [-0.05, 0) is 11.6 Å². The summed E-state index contributed by atoms with van der Waals surface area (Å²) in [7, 11) is 0. The maximum atomic E-state index is 12.7. The monoisotopic (exact) mass is 237 g/mol. The van der Waals surface area contributed by atoms with E-state index >= 15 is 0 Å². The van der Waals surface area contributed by atoms with Crippen molar-refractivity contribution >= 4 is 6.09 Å². The molecule has 5 heteroatoms. The van der Waals surface area contributed by atoms with Crippen molar-refractivity contribution in [2.24, 2.45) is 0 Å². The summed E-state index contributed by atoms with van der Waals surface area (Å²) in [4.78, 5) is 10.4. The van der Waals surface area contributed by atoms with Gasteiger partial charge < -0.3 is 15.2 Å². The molecule has 1 atom stereocenters. The summed E-state index contributed by atoms with van der Waals surface area (Å²) < 4.78 is 18.3. The Morgan fingerprint density at radius 1 is 1.59 bits per heavy atom. The highest BCUT2D eigenvalue weighted by Gasteiger charge is 2.26. The summed E-state index contributed by atoms with van der Waals surface area (Å²) in [5, 5.41) is 10.6. The quantitative estimate of drug-likeness (QED) is 0.846. The van der Waals surface area contributed by atoms with Crippen molar-refractivity contribution in [2.75, 3.05) is 6.54 Å². The molecule has 1 aliphatic rings. The summed E-state index contributed by atoms with van der Waals surface area (Å²) in [5.41, 5.74) is 1.30. The maximum Gasteiger partial charge on any atom is 0.404 e. The lowest BCUT2D eigenvalue weighted by Crippen LogP contribution is -2.29. The van der Waals surface area contributed by atoms with Gasteiger partial charge in [-0.3, -0.25) is 0 Å². The second-order valence-electron chi connectivity index (χ2n) is 3.76. The van der Waals surface area contributed by atoms with Crippen LogP contribution in [0.3, 0.4) is 0 Å². The van der Waals surface area contributed by atoms with Crippen LogP contribution < -0.4 is 10.1 Å². The van der Waals surface area contributed by atoms with Crippen molar-refractivity contribution in [3.05, 3.63) is 41.7 Å². The normalized spacial score (nSPS) is 18.4. The Bertz CT molecular complexity index is 434. The molecule has 0 fully saturated rings. The van der Waals surface area contributed by atoms with Crippen molar-refractivity contribution in [3.63, 3.8) is 0 Å². The van der Waals surface area contributed by atoms with Gasteiger partial charge in [0, 0.05) is 18.5 Å². The smallest absolute Gasteiger partial charge is 0.404 e. The zero-order valence-corrected chi connectivity index (χ0v) is 9.02. The van der Waals surface area contributed by atoms with Crippen molar-refractivity contribution in [1.29, 1.82) is 0 Å². The van der Waals surface area contributed by atoms with Crippen LogP contribution in [0.5, 0.6) is 5.75 Å². The van der Waals surface area contributed by atoms with E-state index in [0.29, 0.717) is 18.3 Å². The molecule has 17 heavy (non-hydrogen) atoms. The van der Waals surface area contributed by atoms with Crippen LogP contribution in [0.15, 0.2) is 36.2 Å². The lowest BCUT2D eigenvalue weighted by atomic mass is 10.1. The Balaban J connectivity index is 2.03. The van der Waals surface area contributed by atoms with Crippen molar-refractivity contribution in [3.8, 4) is 5.75 Å². The number of benzene rings is 1. The number of rotatable bonds is 3. The predicted molar refractivity (Wildman–Crippen MR) is 59.8 cm³/mol. The average molecular weight is 237 g/mol. The molecule has 2 rings (SSSR count). The van der Waals surface area contributed by atoms with E-state index < -0.39 is 12.2 Å². The fourth-order valence-corrected chi connectivity index (χ4v) is 1.79. The molecule has 1 aromatic rings. The highest BCUT2D eigenvalue weighted by Crippen LogP contribution is 2.30. The van der Waals surface area contributed by atoms with Crippen LogP contribution in [0.2, 0.25) is 0 Å². The second-order valence-corrected chi connectivity index (χ2v) is 3.76. The average Bonchev–Trinajstić information content (AvgIpc) is 2.72. The lowest BCUT2D eigenvalue weighted by Gasteiger charge is -2.13. The van der Waals surface area contributed by atoms with Crippen molar-refractivity contribution < 1.29 is 19.0 Å². The fourth-order valence-electron chi connectivity index (χ4n) is 1.79. The van der Waals surface area contributed by atoms with Crippen LogP contribution >= 0.6 is 0 Å². The van der Waals surface area contributed by atoms with Gasteiger partial charge in [0.1, 0.15) is 11.9 Å². The molecule has 0 radical (unpaired) electrons. The summed E-state index contributed by atoms with van der Waals surface area (Å²) in [6, 6.07) is 7.46. The first-order chi connectivity index (χ1) is 8.20. The number of carbonyl (C=O) groups is 1. The number of amides is 1. The molecule has 1 heterocycles. The van der Waals surface area contributed by atoms with Gasteiger partial charge in [0.15, 0.2) is 0 Å².